The van der Waals surface area contributed by atoms with E-state index in [2.05, 4.69) is 10.3 Å². The fraction of sp³-hybridized carbons (Fsp3) is 0.333. The number of nitrogens with one attached hydrogen (secondary N) is 1. The Balaban J connectivity index is 2.27. The summed E-state index contributed by atoms with van der Waals surface area (Å²) >= 11 is 0. The summed E-state index contributed by atoms with van der Waals surface area (Å²) < 4.78 is 5.09. The number of carbonyl (C=O) groups is 1. The van der Waals surface area contributed by atoms with Gasteiger partial charge in [-0.25, -0.2) is 4.99 Å². The molecule has 19 heavy (non-hydrogen) atoms. The number of hydrogen-bond donors (Lipinski definition) is 1. The molecule has 0 spiro atoms. The number of benzene rings is 1. The first-order valence-electron chi connectivity index (χ1n) is 6.16. The van der Waals surface area contributed by atoms with Crippen molar-refractivity contribution in [3.63, 3.8) is 0 Å². The number of ether oxygens (including phenoxy) is 1. The van der Waals surface area contributed by atoms with Crippen molar-refractivity contribution in [2.75, 3.05) is 7.11 Å². The summed E-state index contributed by atoms with van der Waals surface area (Å²) in [6, 6.07) is 7.49. The first-order valence-corrected chi connectivity index (χ1v) is 6.16. The Hall–Kier alpha value is -2.10. The highest BCUT2D eigenvalue weighted by atomic mass is 16.5. The van der Waals surface area contributed by atoms with E-state index in [1.54, 1.807) is 13.2 Å². The second-order valence-corrected chi connectivity index (χ2v) is 5.47. The van der Waals surface area contributed by atoms with Gasteiger partial charge in [-0.2, -0.15) is 0 Å². The van der Waals surface area contributed by atoms with Gasteiger partial charge in [0, 0.05) is 5.41 Å². The van der Waals surface area contributed by atoms with Crippen LogP contribution in [0.5, 0.6) is 5.75 Å². The molecular formula is C15H18N2O2. The third-order valence-corrected chi connectivity index (χ3v) is 2.83. The van der Waals surface area contributed by atoms with Crippen molar-refractivity contribution >= 4 is 17.8 Å². The van der Waals surface area contributed by atoms with Crippen LogP contribution in [0.2, 0.25) is 0 Å². The zero-order valence-electron chi connectivity index (χ0n) is 11.7. The van der Waals surface area contributed by atoms with Crippen LogP contribution in [0.3, 0.4) is 0 Å². The topological polar surface area (TPSA) is 50.7 Å². The Morgan fingerprint density at radius 3 is 2.32 bits per heavy atom. The minimum Gasteiger partial charge on any atom is -0.497 e. The maximum Gasteiger partial charge on any atom is 0.275 e. The third kappa shape index (κ3) is 3.02. The van der Waals surface area contributed by atoms with Gasteiger partial charge >= 0.3 is 0 Å². The number of rotatable bonds is 2. The van der Waals surface area contributed by atoms with Crippen molar-refractivity contribution < 1.29 is 9.53 Å². The zero-order chi connectivity index (χ0) is 14.0. The smallest absolute Gasteiger partial charge is 0.275 e. The molecule has 0 bridgehead atoms. The molecule has 1 aliphatic heterocycles. The number of hydrogen-bond acceptors (Lipinski definition) is 3. The molecule has 0 aromatic heterocycles. The van der Waals surface area contributed by atoms with Crippen LogP contribution in [0.4, 0.5) is 0 Å². The van der Waals surface area contributed by atoms with Gasteiger partial charge in [0.05, 0.1) is 7.11 Å². The largest absolute Gasteiger partial charge is 0.497 e. The zero-order valence-corrected chi connectivity index (χ0v) is 11.7. The van der Waals surface area contributed by atoms with Crippen molar-refractivity contribution in [1.82, 2.24) is 5.32 Å². The summed E-state index contributed by atoms with van der Waals surface area (Å²) in [6.07, 6.45) is 1.77. The van der Waals surface area contributed by atoms with E-state index < -0.39 is 0 Å². The Labute approximate surface area is 113 Å². The van der Waals surface area contributed by atoms with Gasteiger partial charge in [0.15, 0.2) is 0 Å². The Morgan fingerprint density at radius 2 is 1.84 bits per heavy atom. The molecule has 0 atom stereocenters. The monoisotopic (exact) mass is 258 g/mol. The second-order valence-electron chi connectivity index (χ2n) is 5.47. The summed E-state index contributed by atoms with van der Waals surface area (Å²) in [4.78, 5) is 16.2. The van der Waals surface area contributed by atoms with Crippen LogP contribution in [0.25, 0.3) is 6.08 Å². The minimum atomic E-state index is -0.162. The van der Waals surface area contributed by atoms with Crippen molar-refractivity contribution in [3.05, 3.63) is 35.5 Å². The van der Waals surface area contributed by atoms with Crippen LogP contribution < -0.4 is 10.1 Å². The van der Waals surface area contributed by atoms with Gasteiger partial charge in [-0.3, -0.25) is 4.79 Å². The second kappa shape index (κ2) is 4.88. The number of aliphatic imine (C=N–C) groups is 1. The predicted molar refractivity (Wildman–Crippen MR) is 76.0 cm³/mol. The number of nitrogens with zero attached hydrogens (tertiary/aromatic N) is 1. The number of amides is 1. The minimum absolute atomic E-state index is 0.152. The molecule has 0 radical (unpaired) electrons. The van der Waals surface area contributed by atoms with Crippen molar-refractivity contribution in [2.45, 2.75) is 20.8 Å². The average Bonchev–Trinajstić information content (AvgIpc) is 2.72. The van der Waals surface area contributed by atoms with Crippen LogP contribution in [-0.2, 0) is 4.79 Å². The van der Waals surface area contributed by atoms with E-state index in [4.69, 9.17) is 4.74 Å². The van der Waals surface area contributed by atoms with Gasteiger partial charge in [0.25, 0.3) is 5.91 Å². The summed E-state index contributed by atoms with van der Waals surface area (Å²) in [5.74, 6) is 1.34. The van der Waals surface area contributed by atoms with E-state index in [1.807, 2.05) is 45.0 Å². The van der Waals surface area contributed by atoms with Crippen molar-refractivity contribution in [1.29, 1.82) is 0 Å². The van der Waals surface area contributed by atoms with Crippen LogP contribution in [0.1, 0.15) is 26.3 Å². The summed E-state index contributed by atoms with van der Waals surface area (Å²) in [6.45, 7) is 6.05. The highest BCUT2D eigenvalue weighted by Crippen LogP contribution is 2.22. The Kier molecular flexibility index (Phi) is 3.42. The van der Waals surface area contributed by atoms with E-state index in [9.17, 15) is 4.79 Å². The van der Waals surface area contributed by atoms with Gasteiger partial charge in [-0.15, -0.1) is 0 Å². The highest BCUT2D eigenvalue weighted by molar-refractivity contribution is 6.15. The average molecular weight is 258 g/mol. The number of amidine groups is 1. The first kappa shape index (κ1) is 13.3. The molecule has 2 rings (SSSR count). The lowest BCUT2D eigenvalue weighted by atomic mass is 9.95. The Bertz CT molecular complexity index is 549. The molecule has 4 nitrogen and oxygen atoms in total. The first-order chi connectivity index (χ1) is 8.90. The lowest BCUT2D eigenvalue weighted by Gasteiger charge is -2.16. The molecule has 0 unspecified atom stereocenters. The predicted octanol–water partition coefficient (Wildman–Crippen LogP) is 2.61. The van der Waals surface area contributed by atoms with Gasteiger partial charge < -0.3 is 10.1 Å². The maximum atomic E-state index is 11.8. The summed E-state index contributed by atoms with van der Waals surface area (Å²) in [5, 5.41) is 2.80. The van der Waals surface area contributed by atoms with Gasteiger partial charge in [-0.1, -0.05) is 32.9 Å². The molecule has 1 heterocycles. The molecule has 1 aliphatic rings. The lowest BCUT2D eigenvalue weighted by molar-refractivity contribution is -0.115. The van der Waals surface area contributed by atoms with Crippen molar-refractivity contribution in [3.8, 4) is 5.75 Å². The van der Waals surface area contributed by atoms with Gasteiger partial charge in [-0.05, 0) is 23.8 Å². The van der Waals surface area contributed by atoms with Gasteiger partial charge in [0.1, 0.15) is 17.3 Å². The molecule has 1 aromatic carbocycles. The molecule has 0 fully saturated rings. The third-order valence-electron chi connectivity index (χ3n) is 2.83. The normalized spacial score (nSPS) is 17.4. The molecule has 100 valence electrons. The summed E-state index contributed by atoms with van der Waals surface area (Å²) in [5.41, 5.74) is 1.20. The molecule has 0 aliphatic carbocycles. The SMILES string of the molecule is COc1ccc(/C=C2/N=C(C(C)(C)C)NC2=O)cc1. The molecule has 0 saturated carbocycles. The quantitative estimate of drug-likeness (QED) is 0.829. The maximum absolute atomic E-state index is 11.8. The van der Waals surface area contributed by atoms with Crippen LogP contribution in [0, 0.1) is 5.41 Å². The van der Waals surface area contributed by atoms with E-state index >= 15 is 0 Å². The fourth-order valence-electron chi connectivity index (χ4n) is 1.68. The van der Waals surface area contributed by atoms with E-state index in [-0.39, 0.29) is 11.3 Å². The van der Waals surface area contributed by atoms with Crippen molar-refractivity contribution in [2.24, 2.45) is 10.4 Å². The Morgan fingerprint density at radius 1 is 1.21 bits per heavy atom. The van der Waals surface area contributed by atoms with Crippen LogP contribution >= 0.6 is 0 Å². The van der Waals surface area contributed by atoms with Crippen LogP contribution in [0.15, 0.2) is 35.0 Å². The standard InChI is InChI=1S/C15H18N2O2/c1-15(2,3)14-16-12(13(18)17-14)9-10-5-7-11(19-4)8-6-10/h5-9H,1-4H3,(H,16,17,18)/b12-9+. The molecule has 1 aromatic rings. The van der Waals surface area contributed by atoms with E-state index in [0.29, 0.717) is 11.5 Å². The highest BCUT2D eigenvalue weighted by Gasteiger charge is 2.28. The summed E-state index contributed by atoms with van der Waals surface area (Å²) in [7, 11) is 1.62. The molecule has 1 amide bonds. The number of carbonyl (C=O) groups excluding carboxylic acids is 1. The lowest BCUT2D eigenvalue weighted by Crippen LogP contribution is -2.34. The number of methoxy groups -OCH3 is 1. The molecule has 1 N–H and O–H groups in total. The molecular weight excluding hydrogens is 240 g/mol. The van der Waals surface area contributed by atoms with E-state index in [0.717, 1.165) is 11.3 Å². The van der Waals surface area contributed by atoms with Crippen LogP contribution in [-0.4, -0.2) is 18.9 Å². The van der Waals surface area contributed by atoms with Gasteiger partial charge in [0.2, 0.25) is 0 Å². The van der Waals surface area contributed by atoms with E-state index in [1.165, 1.54) is 0 Å². The fourth-order valence-corrected chi connectivity index (χ4v) is 1.68. The molecule has 4 heteroatoms. The molecule has 0 saturated heterocycles.